The summed E-state index contributed by atoms with van der Waals surface area (Å²) in [6.07, 6.45) is 4.96. The Morgan fingerprint density at radius 3 is 2.27 bits per heavy atom. The molecule has 0 heterocycles. The van der Waals surface area contributed by atoms with E-state index in [4.69, 9.17) is 5.73 Å². The lowest BCUT2D eigenvalue weighted by molar-refractivity contribution is -0.123. The summed E-state index contributed by atoms with van der Waals surface area (Å²) in [7, 11) is 0. The van der Waals surface area contributed by atoms with Gasteiger partial charge in [0, 0.05) is 12.5 Å². The molecule has 0 aromatic carbocycles. The van der Waals surface area contributed by atoms with Crippen LogP contribution in [-0.2, 0) is 4.79 Å². The fraction of sp³-hybridized carbons (Fsp3) is 0.941. The fourth-order valence-corrected chi connectivity index (χ4v) is 3.23. The van der Waals surface area contributed by atoms with Crippen molar-refractivity contribution < 1.29 is 15.0 Å². The molecule has 0 aromatic heterocycles. The first-order valence-corrected chi connectivity index (χ1v) is 8.74. The van der Waals surface area contributed by atoms with E-state index in [1.54, 1.807) is 0 Å². The SMILES string of the molecule is CC(C)CCC(=O)NC(C1CCCCC1)[C@H](N)[C@@H](O)[C@H](C)O. The van der Waals surface area contributed by atoms with Crippen LogP contribution in [-0.4, -0.2) is 40.4 Å². The zero-order valence-electron chi connectivity index (χ0n) is 14.3. The molecule has 0 bridgehead atoms. The van der Waals surface area contributed by atoms with E-state index in [1.807, 2.05) is 0 Å². The minimum absolute atomic E-state index is 0.00230. The summed E-state index contributed by atoms with van der Waals surface area (Å²) >= 11 is 0. The number of carbonyl (C=O) groups excluding carboxylic acids is 1. The third kappa shape index (κ3) is 6.23. The van der Waals surface area contributed by atoms with Crippen LogP contribution in [0, 0.1) is 11.8 Å². The predicted octanol–water partition coefficient (Wildman–Crippen LogP) is 1.56. The molecule has 0 saturated heterocycles. The molecule has 5 N–H and O–H groups in total. The molecule has 0 spiro atoms. The van der Waals surface area contributed by atoms with Crippen molar-refractivity contribution in [1.82, 2.24) is 5.32 Å². The summed E-state index contributed by atoms with van der Waals surface area (Å²) in [4.78, 5) is 12.2. The lowest BCUT2D eigenvalue weighted by Crippen LogP contribution is -2.59. The largest absolute Gasteiger partial charge is 0.391 e. The van der Waals surface area contributed by atoms with E-state index in [-0.39, 0.29) is 11.9 Å². The predicted molar refractivity (Wildman–Crippen MR) is 88.2 cm³/mol. The second-order valence-corrected chi connectivity index (χ2v) is 7.23. The van der Waals surface area contributed by atoms with Gasteiger partial charge in [0.2, 0.25) is 5.91 Å². The van der Waals surface area contributed by atoms with Crippen LogP contribution < -0.4 is 11.1 Å². The van der Waals surface area contributed by atoms with E-state index in [2.05, 4.69) is 19.2 Å². The lowest BCUT2D eigenvalue weighted by Gasteiger charge is -2.37. The zero-order valence-corrected chi connectivity index (χ0v) is 14.3. The zero-order chi connectivity index (χ0) is 16.7. The minimum Gasteiger partial charge on any atom is -0.391 e. The van der Waals surface area contributed by atoms with Crippen molar-refractivity contribution in [3.05, 3.63) is 0 Å². The van der Waals surface area contributed by atoms with E-state index in [9.17, 15) is 15.0 Å². The van der Waals surface area contributed by atoms with Crippen LogP contribution in [0.25, 0.3) is 0 Å². The van der Waals surface area contributed by atoms with E-state index >= 15 is 0 Å². The number of aliphatic hydroxyl groups is 2. The van der Waals surface area contributed by atoms with Crippen LogP contribution in [0.3, 0.4) is 0 Å². The van der Waals surface area contributed by atoms with Gasteiger partial charge in [0.15, 0.2) is 0 Å². The molecule has 22 heavy (non-hydrogen) atoms. The molecule has 0 radical (unpaired) electrons. The highest BCUT2D eigenvalue weighted by molar-refractivity contribution is 5.76. The van der Waals surface area contributed by atoms with Crippen LogP contribution in [0.5, 0.6) is 0 Å². The molecule has 1 amide bonds. The number of hydrogen-bond donors (Lipinski definition) is 4. The van der Waals surface area contributed by atoms with Crippen molar-refractivity contribution in [2.75, 3.05) is 0 Å². The van der Waals surface area contributed by atoms with Gasteiger partial charge in [-0.3, -0.25) is 4.79 Å². The Morgan fingerprint density at radius 2 is 1.77 bits per heavy atom. The van der Waals surface area contributed by atoms with Crippen LogP contribution in [0.4, 0.5) is 0 Å². The average Bonchev–Trinajstić information content (AvgIpc) is 2.49. The third-order valence-electron chi connectivity index (χ3n) is 4.74. The Balaban J connectivity index is 2.70. The highest BCUT2D eigenvalue weighted by Crippen LogP contribution is 2.28. The van der Waals surface area contributed by atoms with Gasteiger partial charge in [-0.15, -0.1) is 0 Å². The molecule has 1 aliphatic carbocycles. The summed E-state index contributed by atoms with van der Waals surface area (Å²) in [5.74, 6) is 0.772. The molecule has 5 nitrogen and oxygen atoms in total. The van der Waals surface area contributed by atoms with Crippen molar-refractivity contribution in [2.45, 2.75) is 90.0 Å². The van der Waals surface area contributed by atoms with E-state index in [0.717, 1.165) is 32.1 Å². The van der Waals surface area contributed by atoms with E-state index in [0.29, 0.717) is 18.3 Å². The summed E-state index contributed by atoms with van der Waals surface area (Å²) < 4.78 is 0. The van der Waals surface area contributed by atoms with Crippen molar-refractivity contribution in [2.24, 2.45) is 17.6 Å². The van der Waals surface area contributed by atoms with Crippen molar-refractivity contribution in [1.29, 1.82) is 0 Å². The molecule has 1 fully saturated rings. The molecule has 4 atom stereocenters. The molecule has 5 heteroatoms. The summed E-state index contributed by atoms with van der Waals surface area (Å²) in [6, 6.07) is -0.893. The average molecular weight is 314 g/mol. The fourth-order valence-electron chi connectivity index (χ4n) is 3.23. The lowest BCUT2D eigenvalue weighted by atomic mass is 9.79. The molecule has 1 rings (SSSR count). The molecular weight excluding hydrogens is 280 g/mol. The summed E-state index contributed by atoms with van der Waals surface area (Å²) in [5, 5.41) is 22.7. The molecule has 0 aliphatic heterocycles. The highest BCUT2D eigenvalue weighted by Gasteiger charge is 2.35. The number of carbonyl (C=O) groups is 1. The first-order chi connectivity index (χ1) is 10.3. The maximum absolute atomic E-state index is 12.2. The van der Waals surface area contributed by atoms with Gasteiger partial charge < -0.3 is 21.3 Å². The number of nitrogens with one attached hydrogen (secondary N) is 1. The third-order valence-corrected chi connectivity index (χ3v) is 4.74. The first-order valence-electron chi connectivity index (χ1n) is 8.74. The Bertz CT molecular complexity index is 328. The van der Waals surface area contributed by atoms with Crippen molar-refractivity contribution in [3.8, 4) is 0 Å². The molecule has 130 valence electrons. The van der Waals surface area contributed by atoms with Gasteiger partial charge in [-0.2, -0.15) is 0 Å². The van der Waals surface area contributed by atoms with Crippen molar-refractivity contribution >= 4 is 5.91 Å². The van der Waals surface area contributed by atoms with Gasteiger partial charge in [0.25, 0.3) is 0 Å². The van der Waals surface area contributed by atoms with Gasteiger partial charge in [-0.05, 0) is 38.0 Å². The standard InChI is InChI=1S/C17H34N2O3/c1-11(2)9-10-14(21)19-16(13-7-5-4-6-8-13)15(18)17(22)12(3)20/h11-13,15-17,20,22H,4-10,18H2,1-3H3,(H,19,21)/t12-,15-,16?,17-/m0/s1. The molecular formula is C17H34N2O3. The second-order valence-electron chi connectivity index (χ2n) is 7.23. The Morgan fingerprint density at radius 1 is 1.18 bits per heavy atom. The molecule has 1 unspecified atom stereocenters. The van der Waals surface area contributed by atoms with E-state index < -0.39 is 18.2 Å². The van der Waals surface area contributed by atoms with Gasteiger partial charge in [-0.1, -0.05) is 33.1 Å². The Kier molecular flexibility index (Phi) is 8.36. The molecule has 0 aromatic rings. The first kappa shape index (κ1) is 19.4. The quantitative estimate of drug-likeness (QED) is 0.547. The van der Waals surface area contributed by atoms with Crippen molar-refractivity contribution in [3.63, 3.8) is 0 Å². The summed E-state index contributed by atoms with van der Waals surface area (Å²) in [6.45, 7) is 5.71. The molecule has 1 saturated carbocycles. The van der Waals surface area contributed by atoms with Gasteiger partial charge in [-0.25, -0.2) is 0 Å². The van der Waals surface area contributed by atoms with Crippen LogP contribution in [0.2, 0.25) is 0 Å². The number of nitrogens with two attached hydrogens (primary N) is 1. The van der Waals surface area contributed by atoms with Crippen LogP contribution in [0.1, 0.15) is 65.7 Å². The minimum atomic E-state index is -1.02. The van der Waals surface area contributed by atoms with E-state index in [1.165, 1.54) is 13.3 Å². The van der Waals surface area contributed by atoms with Gasteiger partial charge >= 0.3 is 0 Å². The Hall–Kier alpha value is -0.650. The normalized spacial score (nSPS) is 22.1. The second kappa shape index (κ2) is 9.48. The number of aliphatic hydroxyl groups excluding tert-OH is 2. The highest BCUT2D eigenvalue weighted by atomic mass is 16.3. The number of amides is 1. The van der Waals surface area contributed by atoms with Gasteiger partial charge in [0.1, 0.15) is 0 Å². The maximum atomic E-state index is 12.2. The maximum Gasteiger partial charge on any atom is 0.220 e. The van der Waals surface area contributed by atoms with Gasteiger partial charge in [0.05, 0.1) is 18.2 Å². The molecule has 1 aliphatic rings. The number of hydrogen-bond acceptors (Lipinski definition) is 4. The topological polar surface area (TPSA) is 95.6 Å². The number of rotatable bonds is 8. The smallest absolute Gasteiger partial charge is 0.220 e. The Labute approximate surface area is 134 Å². The monoisotopic (exact) mass is 314 g/mol. The summed E-state index contributed by atoms with van der Waals surface area (Å²) in [5.41, 5.74) is 6.17. The van der Waals surface area contributed by atoms with Crippen LogP contribution in [0.15, 0.2) is 0 Å². The van der Waals surface area contributed by atoms with Crippen LogP contribution >= 0.6 is 0 Å².